The SMILES string of the molecule is C1=COCCC1.CCCCCOC1CCCCO1. The largest absolute Gasteiger partial charge is 0.502 e. The summed E-state index contributed by atoms with van der Waals surface area (Å²) < 4.78 is 15.9. The molecule has 3 nitrogen and oxygen atoms in total. The number of ether oxygens (including phenoxy) is 3. The second-order valence-corrected chi connectivity index (χ2v) is 4.76. The maximum Gasteiger partial charge on any atom is 0.157 e. The van der Waals surface area contributed by atoms with Gasteiger partial charge in [0.2, 0.25) is 0 Å². The van der Waals surface area contributed by atoms with Crippen molar-refractivity contribution in [3.05, 3.63) is 12.3 Å². The van der Waals surface area contributed by atoms with Crippen LogP contribution < -0.4 is 0 Å². The van der Waals surface area contributed by atoms with Crippen molar-refractivity contribution in [2.75, 3.05) is 19.8 Å². The molecule has 1 saturated heterocycles. The predicted octanol–water partition coefficient (Wildman–Crippen LogP) is 4.03. The van der Waals surface area contributed by atoms with Crippen molar-refractivity contribution in [3.8, 4) is 0 Å². The van der Waals surface area contributed by atoms with E-state index in [0.29, 0.717) is 0 Å². The summed E-state index contributed by atoms with van der Waals surface area (Å²) in [6.45, 7) is 4.88. The van der Waals surface area contributed by atoms with Crippen molar-refractivity contribution in [1.29, 1.82) is 0 Å². The summed E-state index contributed by atoms with van der Waals surface area (Å²) in [6, 6.07) is 0. The molecule has 1 unspecified atom stereocenters. The minimum atomic E-state index is 0.107. The summed E-state index contributed by atoms with van der Waals surface area (Å²) in [6.07, 6.45) is 13.6. The van der Waals surface area contributed by atoms with Gasteiger partial charge in [-0.2, -0.15) is 0 Å². The fourth-order valence-corrected chi connectivity index (χ4v) is 1.90. The van der Waals surface area contributed by atoms with Gasteiger partial charge in [0.25, 0.3) is 0 Å². The van der Waals surface area contributed by atoms with E-state index in [1.54, 1.807) is 6.26 Å². The van der Waals surface area contributed by atoms with Crippen molar-refractivity contribution in [2.45, 2.75) is 64.6 Å². The summed E-state index contributed by atoms with van der Waals surface area (Å²) in [7, 11) is 0. The number of rotatable bonds is 5. The molecular weight excluding hydrogens is 228 g/mol. The van der Waals surface area contributed by atoms with Crippen LogP contribution in [0.5, 0.6) is 0 Å². The Morgan fingerprint density at radius 1 is 1.17 bits per heavy atom. The Hall–Kier alpha value is -0.540. The number of hydrogen-bond donors (Lipinski definition) is 0. The first-order valence-electron chi connectivity index (χ1n) is 7.43. The topological polar surface area (TPSA) is 27.7 Å². The van der Waals surface area contributed by atoms with E-state index in [2.05, 4.69) is 6.92 Å². The molecule has 2 rings (SSSR count). The Labute approximate surface area is 111 Å². The van der Waals surface area contributed by atoms with Crippen molar-refractivity contribution in [1.82, 2.24) is 0 Å². The monoisotopic (exact) mass is 256 g/mol. The highest BCUT2D eigenvalue weighted by molar-refractivity contribution is 4.76. The van der Waals surface area contributed by atoms with Crippen LogP contribution in [0.3, 0.4) is 0 Å². The number of allylic oxidation sites excluding steroid dienone is 1. The van der Waals surface area contributed by atoms with Gasteiger partial charge < -0.3 is 14.2 Å². The third-order valence-corrected chi connectivity index (χ3v) is 3.01. The van der Waals surface area contributed by atoms with Crippen molar-refractivity contribution in [3.63, 3.8) is 0 Å². The van der Waals surface area contributed by atoms with Crippen LogP contribution in [0.25, 0.3) is 0 Å². The Kier molecular flexibility index (Phi) is 9.95. The predicted molar refractivity (Wildman–Crippen MR) is 73.4 cm³/mol. The average Bonchev–Trinajstić information content (AvgIpc) is 2.47. The Morgan fingerprint density at radius 2 is 2.11 bits per heavy atom. The molecule has 106 valence electrons. The van der Waals surface area contributed by atoms with Crippen LogP contribution in [0.2, 0.25) is 0 Å². The van der Waals surface area contributed by atoms with Crippen LogP contribution in [-0.4, -0.2) is 26.1 Å². The van der Waals surface area contributed by atoms with Gasteiger partial charge in [0.15, 0.2) is 6.29 Å². The van der Waals surface area contributed by atoms with E-state index in [9.17, 15) is 0 Å². The average molecular weight is 256 g/mol. The molecule has 18 heavy (non-hydrogen) atoms. The van der Waals surface area contributed by atoms with Gasteiger partial charge in [-0.05, 0) is 44.6 Å². The van der Waals surface area contributed by atoms with Crippen LogP contribution in [0.15, 0.2) is 12.3 Å². The van der Waals surface area contributed by atoms with Gasteiger partial charge in [0, 0.05) is 13.2 Å². The van der Waals surface area contributed by atoms with E-state index in [0.717, 1.165) is 26.2 Å². The molecule has 0 aromatic rings. The molecule has 3 heteroatoms. The second-order valence-electron chi connectivity index (χ2n) is 4.76. The lowest BCUT2D eigenvalue weighted by atomic mass is 10.2. The third-order valence-electron chi connectivity index (χ3n) is 3.01. The first-order valence-corrected chi connectivity index (χ1v) is 7.43. The molecule has 1 fully saturated rings. The van der Waals surface area contributed by atoms with E-state index in [1.165, 1.54) is 44.9 Å². The zero-order chi connectivity index (χ0) is 12.9. The van der Waals surface area contributed by atoms with Crippen molar-refractivity contribution in [2.24, 2.45) is 0 Å². The molecule has 0 radical (unpaired) electrons. The molecule has 0 aromatic carbocycles. The maximum atomic E-state index is 5.56. The van der Waals surface area contributed by atoms with Gasteiger partial charge >= 0.3 is 0 Å². The lowest BCUT2D eigenvalue weighted by Gasteiger charge is -2.22. The lowest BCUT2D eigenvalue weighted by Crippen LogP contribution is -2.22. The van der Waals surface area contributed by atoms with E-state index >= 15 is 0 Å². The van der Waals surface area contributed by atoms with Crippen LogP contribution in [0, 0.1) is 0 Å². The highest BCUT2D eigenvalue weighted by atomic mass is 16.7. The molecule has 0 spiro atoms. The molecule has 0 aliphatic carbocycles. The molecule has 0 aromatic heterocycles. The van der Waals surface area contributed by atoms with Crippen molar-refractivity contribution < 1.29 is 14.2 Å². The van der Waals surface area contributed by atoms with Gasteiger partial charge in [-0.15, -0.1) is 0 Å². The molecule has 2 aliphatic rings. The van der Waals surface area contributed by atoms with Gasteiger partial charge in [-0.1, -0.05) is 19.8 Å². The number of hydrogen-bond acceptors (Lipinski definition) is 3. The normalized spacial score (nSPS) is 22.8. The van der Waals surface area contributed by atoms with Gasteiger partial charge in [-0.25, -0.2) is 0 Å². The van der Waals surface area contributed by atoms with Crippen LogP contribution in [0.4, 0.5) is 0 Å². The molecular formula is C15H28O3. The van der Waals surface area contributed by atoms with Crippen LogP contribution in [-0.2, 0) is 14.2 Å². The highest BCUT2D eigenvalue weighted by Gasteiger charge is 2.12. The third kappa shape index (κ3) is 8.54. The minimum Gasteiger partial charge on any atom is -0.502 e. The summed E-state index contributed by atoms with van der Waals surface area (Å²) in [5.74, 6) is 0. The van der Waals surface area contributed by atoms with Crippen molar-refractivity contribution >= 4 is 0 Å². The Balaban J connectivity index is 0.000000225. The molecule has 2 heterocycles. The fraction of sp³-hybridized carbons (Fsp3) is 0.867. The smallest absolute Gasteiger partial charge is 0.157 e. The first kappa shape index (κ1) is 15.5. The van der Waals surface area contributed by atoms with Gasteiger partial charge in [0.1, 0.15) is 0 Å². The highest BCUT2D eigenvalue weighted by Crippen LogP contribution is 2.13. The maximum absolute atomic E-state index is 5.56. The Morgan fingerprint density at radius 3 is 2.61 bits per heavy atom. The summed E-state index contributed by atoms with van der Waals surface area (Å²) in [4.78, 5) is 0. The Bertz CT molecular complexity index is 190. The molecule has 0 N–H and O–H groups in total. The molecule has 0 bridgehead atoms. The van der Waals surface area contributed by atoms with E-state index in [1.807, 2.05) is 6.08 Å². The molecule has 0 amide bonds. The summed E-state index contributed by atoms with van der Waals surface area (Å²) in [5.41, 5.74) is 0. The van der Waals surface area contributed by atoms with E-state index < -0.39 is 0 Å². The van der Waals surface area contributed by atoms with E-state index in [-0.39, 0.29) is 6.29 Å². The molecule has 1 atom stereocenters. The minimum absolute atomic E-state index is 0.107. The van der Waals surface area contributed by atoms with E-state index in [4.69, 9.17) is 14.2 Å². The zero-order valence-electron chi connectivity index (χ0n) is 11.7. The first-order chi connectivity index (χ1) is 8.93. The van der Waals surface area contributed by atoms with Gasteiger partial charge in [0.05, 0.1) is 12.9 Å². The summed E-state index contributed by atoms with van der Waals surface area (Å²) >= 11 is 0. The number of unbranched alkanes of at least 4 members (excludes halogenated alkanes) is 2. The van der Waals surface area contributed by atoms with Crippen LogP contribution in [0.1, 0.15) is 58.3 Å². The van der Waals surface area contributed by atoms with Gasteiger partial charge in [-0.3, -0.25) is 0 Å². The zero-order valence-corrected chi connectivity index (χ0v) is 11.7. The summed E-state index contributed by atoms with van der Waals surface area (Å²) in [5, 5.41) is 0. The standard InChI is InChI=1S/C10H20O2.C5H8O/c1-2-3-5-8-11-10-7-4-6-9-12-10;1-2-4-6-5-3-1/h10H,2-9H2,1H3;2,4H,1,3,5H2. The lowest BCUT2D eigenvalue weighted by molar-refractivity contribution is -0.162. The fourth-order valence-electron chi connectivity index (χ4n) is 1.90. The molecule has 2 aliphatic heterocycles. The second kappa shape index (κ2) is 11.5. The van der Waals surface area contributed by atoms with Crippen LogP contribution >= 0.6 is 0 Å². The molecule has 0 saturated carbocycles. The quantitative estimate of drug-likeness (QED) is 0.695.